The van der Waals surface area contributed by atoms with Crippen molar-refractivity contribution in [1.29, 1.82) is 0 Å². The third kappa shape index (κ3) is 6.50. The van der Waals surface area contributed by atoms with Crippen LogP contribution in [0.3, 0.4) is 0 Å². The standard InChI is InChI=1S/C18H23Cl2NO5/c1-11(12-6-7-13(19)14(20)8-12)15(9-16(23)25-10-22)21(5)17(24)26-18(2,3)4/h6-8,10-11,15H,9H2,1-5H3/t11-,15-/m1/s1. The third-order valence-electron chi connectivity index (χ3n) is 3.78. The molecule has 0 radical (unpaired) electrons. The van der Waals surface area contributed by atoms with Crippen molar-refractivity contribution in [3.05, 3.63) is 33.8 Å². The molecule has 26 heavy (non-hydrogen) atoms. The number of hydrogen-bond donors (Lipinski definition) is 0. The van der Waals surface area contributed by atoms with Gasteiger partial charge in [0.25, 0.3) is 0 Å². The molecule has 0 unspecified atom stereocenters. The fourth-order valence-electron chi connectivity index (χ4n) is 2.41. The number of carbonyl (C=O) groups excluding carboxylic acids is 3. The van der Waals surface area contributed by atoms with Crippen LogP contribution in [0.5, 0.6) is 0 Å². The fourth-order valence-corrected chi connectivity index (χ4v) is 2.72. The van der Waals surface area contributed by atoms with Gasteiger partial charge < -0.3 is 14.4 Å². The minimum atomic E-state index is -0.743. The number of nitrogens with zero attached hydrogens (tertiary/aromatic N) is 1. The molecule has 8 heteroatoms. The molecule has 0 fully saturated rings. The van der Waals surface area contributed by atoms with Gasteiger partial charge in [0.2, 0.25) is 0 Å². The van der Waals surface area contributed by atoms with E-state index in [1.54, 1.807) is 39.0 Å². The Hall–Kier alpha value is -1.79. The van der Waals surface area contributed by atoms with Crippen LogP contribution in [-0.4, -0.2) is 42.1 Å². The van der Waals surface area contributed by atoms with E-state index in [9.17, 15) is 14.4 Å². The summed E-state index contributed by atoms with van der Waals surface area (Å²) in [6.45, 7) is 7.14. The highest BCUT2D eigenvalue weighted by Gasteiger charge is 2.32. The highest BCUT2D eigenvalue weighted by atomic mass is 35.5. The Bertz CT molecular complexity index is 672. The maximum Gasteiger partial charge on any atom is 0.410 e. The lowest BCUT2D eigenvalue weighted by molar-refractivity contribution is -0.152. The molecule has 0 heterocycles. The van der Waals surface area contributed by atoms with Crippen LogP contribution in [0.4, 0.5) is 4.79 Å². The highest BCUT2D eigenvalue weighted by molar-refractivity contribution is 6.42. The molecule has 0 spiro atoms. The summed E-state index contributed by atoms with van der Waals surface area (Å²) in [5, 5.41) is 0.769. The number of ether oxygens (including phenoxy) is 2. The summed E-state index contributed by atoms with van der Waals surface area (Å²) in [7, 11) is 1.53. The Morgan fingerprint density at radius 2 is 1.85 bits per heavy atom. The van der Waals surface area contributed by atoms with E-state index < -0.39 is 23.7 Å². The molecule has 0 aliphatic carbocycles. The summed E-state index contributed by atoms with van der Waals surface area (Å²) < 4.78 is 9.76. The van der Waals surface area contributed by atoms with Crippen LogP contribution in [0.2, 0.25) is 10.0 Å². The van der Waals surface area contributed by atoms with Gasteiger partial charge in [0.15, 0.2) is 0 Å². The molecule has 2 atom stereocenters. The van der Waals surface area contributed by atoms with E-state index in [2.05, 4.69) is 4.74 Å². The Morgan fingerprint density at radius 3 is 2.35 bits per heavy atom. The van der Waals surface area contributed by atoms with Crippen molar-refractivity contribution in [3.63, 3.8) is 0 Å². The molecule has 1 aromatic carbocycles. The van der Waals surface area contributed by atoms with E-state index in [1.165, 1.54) is 11.9 Å². The average Bonchev–Trinajstić information content (AvgIpc) is 2.52. The normalized spacial score (nSPS) is 13.5. The first-order valence-corrected chi connectivity index (χ1v) is 8.75. The number of esters is 1. The van der Waals surface area contributed by atoms with Crippen LogP contribution in [-0.2, 0) is 19.1 Å². The van der Waals surface area contributed by atoms with Gasteiger partial charge in [-0.05, 0) is 38.5 Å². The van der Waals surface area contributed by atoms with Gasteiger partial charge in [-0.2, -0.15) is 0 Å². The summed E-state index contributed by atoms with van der Waals surface area (Å²) in [5.41, 5.74) is 0.0881. The molecule has 0 aliphatic rings. The summed E-state index contributed by atoms with van der Waals surface area (Å²) in [4.78, 5) is 36.0. The Balaban J connectivity index is 3.13. The number of amides is 1. The van der Waals surface area contributed by atoms with Gasteiger partial charge >= 0.3 is 18.5 Å². The maximum absolute atomic E-state index is 12.4. The largest absolute Gasteiger partial charge is 0.444 e. The summed E-state index contributed by atoms with van der Waals surface area (Å²) in [6, 6.07) is 4.47. The molecule has 6 nitrogen and oxygen atoms in total. The summed E-state index contributed by atoms with van der Waals surface area (Å²) in [5.74, 6) is -1.05. The van der Waals surface area contributed by atoms with Gasteiger partial charge in [-0.3, -0.25) is 9.59 Å². The molecule has 0 aliphatic heterocycles. The maximum atomic E-state index is 12.4. The molecule has 0 aromatic heterocycles. The molecule has 1 rings (SSSR count). The number of benzene rings is 1. The predicted molar refractivity (Wildman–Crippen MR) is 99.4 cm³/mol. The zero-order valence-electron chi connectivity index (χ0n) is 15.4. The number of likely N-dealkylation sites (N-methyl/N-ethyl adjacent to an activating group) is 1. The zero-order valence-corrected chi connectivity index (χ0v) is 16.9. The minimum Gasteiger partial charge on any atom is -0.444 e. The van der Waals surface area contributed by atoms with Gasteiger partial charge in [0.05, 0.1) is 22.5 Å². The lowest BCUT2D eigenvalue weighted by Gasteiger charge is -2.34. The Morgan fingerprint density at radius 1 is 1.23 bits per heavy atom. The fraction of sp³-hybridized carbons (Fsp3) is 0.500. The first kappa shape index (κ1) is 22.3. The van der Waals surface area contributed by atoms with Crippen molar-refractivity contribution < 1.29 is 23.9 Å². The topological polar surface area (TPSA) is 72.9 Å². The Kier molecular flexibility index (Phi) is 7.90. The van der Waals surface area contributed by atoms with Crippen LogP contribution in [0.25, 0.3) is 0 Å². The van der Waals surface area contributed by atoms with Crippen LogP contribution in [0.1, 0.15) is 45.6 Å². The summed E-state index contributed by atoms with van der Waals surface area (Å²) in [6.07, 6.45) is -0.774. The zero-order chi connectivity index (χ0) is 20.1. The number of hydrogen-bond acceptors (Lipinski definition) is 5. The highest BCUT2D eigenvalue weighted by Crippen LogP contribution is 2.31. The predicted octanol–water partition coefficient (Wildman–Crippen LogP) is 4.42. The molecule has 0 N–H and O–H groups in total. The van der Waals surface area contributed by atoms with E-state index in [4.69, 9.17) is 27.9 Å². The van der Waals surface area contributed by atoms with Crippen LogP contribution in [0.15, 0.2) is 18.2 Å². The second kappa shape index (κ2) is 9.24. The molecule has 0 saturated carbocycles. The molecule has 0 bridgehead atoms. The van der Waals surface area contributed by atoms with Crippen molar-refractivity contribution >= 4 is 41.7 Å². The minimum absolute atomic E-state index is 0.0662. The van der Waals surface area contributed by atoms with Crippen LogP contribution >= 0.6 is 23.2 Å². The average molecular weight is 404 g/mol. The van der Waals surface area contributed by atoms with Crippen molar-refractivity contribution in [1.82, 2.24) is 4.90 Å². The van der Waals surface area contributed by atoms with E-state index >= 15 is 0 Å². The van der Waals surface area contributed by atoms with E-state index in [-0.39, 0.29) is 18.8 Å². The van der Waals surface area contributed by atoms with Crippen molar-refractivity contribution in [2.24, 2.45) is 0 Å². The van der Waals surface area contributed by atoms with Gasteiger partial charge in [0.1, 0.15) is 5.60 Å². The van der Waals surface area contributed by atoms with E-state index in [0.29, 0.717) is 10.0 Å². The number of rotatable bonds is 6. The van der Waals surface area contributed by atoms with Crippen LogP contribution < -0.4 is 0 Å². The lowest BCUT2D eigenvalue weighted by Crippen LogP contribution is -2.44. The molecule has 1 aromatic rings. The van der Waals surface area contributed by atoms with Crippen LogP contribution in [0, 0.1) is 0 Å². The molecule has 1 amide bonds. The van der Waals surface area contributed by atoms with Gasteiger partial charge in [-0.15, -0.1) is 0 Å². The monoisotopic (exact) mass is 403 g/mol. The Labute approximate surface area is 163 Å². The lowest BCUT2D eigenvalue weighted by atomic mass is 9.90. The SMILES string of the molecule is C[C@H](c1ccc(Cl)c(Cl)c1)[C@@H](CC(=O)OC=O)N(C)C(=O)OC(C)(C)C. The van der Waals surface area contributed by atoms with Gasteiger partial charge in [-0.1, -0.05) is 36.2 Å². The molecular weight excluding hydrogens is 381 g/mol. The molecule has 0 saturated heterocycles. The smallest absolute Gasteiger partial charge is 0.410 e. The first-order chi connectivity index (χ1) is 12.0. The van der Waals surface area contributed by atoms with Crippen molar-refractivity contribution in [2.75, 3.05) is 7.05 Å². The van der Waals surface area contributed by atoms with Crippen molar-refractivity contribution in [2.45, 2.75) is 51.7 Å². The first-order valence-electron chi connectivity index (χ1n) is 8.00. The van der Waals surface area contributed by atoms with Gasteiger partial charge in [0, 0.05) is 13.0 Å². The number of halogens is 2. The molecule has 144 valence electrons. The molecular formula is C18H23Cl2NO5. The second-order valence-electron chi connectivity index (χ2n) is 6.91. The third-order valence-corrected chi connectivity index (χ3v) is 4.52. The number of carbonyl (C=O) groups is 3. The van der Waals surface area contributed by atoms with E-state index in [0.717, 1.165) is 5.56 Å². The second-order valence-corrected chi connectivity index (χ2v) is 7.73. The van der Waals surface area contributed by atoms with Gasteiger partial charge in [-0.25, -0.2) is 4.79 Å². The quantitative estimate of drug-likeness (QED) is 0.399. The summed E-state index contributed by atoms with van der Waals surface area (Å²) >= 11 is 12.0. The van der Waals surface area contributed by atoms with Crippen molar-refractivity contribution in [3.8, 4) is 0 Å². The van der Waals surface area contributed by atoms with E-state index in [1.807, 2.05) is 6.92 Å².